The lowest BCUT2D eigenvalue weighted by Crippen LogP contribution is -2.44. The van der Waals surface area contributed by atoms with E-state index in [0.29, 0.717) is 69.0 Å². The number of ether oxygens (including phenoxy) is 1. The predicted molar refractivity (Wildman–Crippen MR) is 151 cm³/mol. The quantitative estimate of drug-likeness (QED) is 0.375. The van der Waals surface area contributed by atoms with Crippen LogP contribution in [0.25, 0.3) is 17.0 Å². The van der Waals surface area contributed by atoms with Crippen LogP contribution < -0.4 is 14.9 Å². The summed E-state index contributed by atoms with van der Waals surface area (Å²) in [4.78, 5) is 19.7. The first-order valence-electron chi connectivity index (χ1n) is 13.9. The number of benzene rings is 1. The lowest BCUT2D eigenvalue weighted by molar-refractivity contribution is 0.122. The van der Waals surface area contributed by atoms with Gasteiger partial charge in [-0.1, -0.05) is 12.1 Å². The Kier molecular flexibility index (Phi) is 8.01. The average Bonchev–Trinajstić information content (AvgIpc) is 3.55. The maximum Gasteiger partial charge on any atom is 0.296 e. The van der Waals surface area contributed by atoms with Gasteiger partial charge in [0.15, 0.2) is 15.7 Å². The fourth-order valence-corrected chi connectivity index (χ4v) is 10.0. The SMILES string of the molecule is O=S1(=O)CCC(S(=O)(=O)N[C@H]2CC[C@H](Nc3nc(N4CCOCC4)nc(-n4c(C(F)F)nc5ccccc54)n3)CC2)C1. The molecule has 1 unspecified atom stereocenters. The number of para-hydroxylation sites is 2. The Balaban J connectivity index is 1.22. The molecule has 2 N–H and O–H groups in total. The third-order valence-electron chi connectivity index (χ3n) is 7.91. The molecule has 2 aliphatic heterocycles. The number of hydrogen-bond acceptors (Lipinski definition) is 11. The number of rotatable bonds is 8. The number of sulfone groups is 1. The Hall–Kier alpha value is -3.02. The summed E-state index contributed by atoms with van der Waals surface area (Å²) >= 11 is 0. The first kappa shape index (κ1) is 29.1. The molecule has 6 rings (SSSR count). The molecule has 0 amide bonds. The van der Waals surface area contributed by atoms with Gasteiger partial charge in [-0.25, -0.2) is 35.3 Å². The number of anilines is 2. The number of morpholine rings is 1. The fraction of sp³-hybridized carbons (Fsp3) is 0.600. The second kappa shape index (κ2) is 11.6. The Morgan fingerprint density at radius 3 is 2.31 bits per heavy atom. The summed E-state index contributed by atoms with van der Waals surface area (Å²) in [6.45, 7) is 2.02. The van der Waals surface area contributed by atoms with Gasteiger partial charge >= 0.3 is 0 Å². The van der Waals surface area contributed by atoms with Gasteiger partial charge in [-0.15, -0.1) is 0 Å². The van der Waals surface area contributed by atoms with Gasteiger partial charge in [0.05, 0.1) is 41.0 Å². The van der Waals surface area contributed by atoms with Crippen LogP contribution in [0, 0.1) is 0 Å². The lowest BCUT2D eigenvalue weighted by Gasteiger charge is -2.31. The number of nitrogens with zero attached hydrogens (tertiary/aromatic N) is 6. The molecule has 42 heavy (non-hydrogen) atoms. The van der Waals surface area contributed by atoms with E-state index < -0.39 is 37.4 Å². The summed E-state index contributed by atoms with van der Waals surface area (Å²) in [5.74, 6) is -0.346. The van der Waals surface area contributed by atoms with E-state index in [4.69, 9.17) is 4.74 Å². The minimum Gasteiger partial charge on any atom is -0.378 e. The van der Waals surface area contributed by atoms with Crippen molar-refractivity contribution in [1.29, 1.82) is 0 Å². The summed E-state index contributed by atoms with van der Waals surface area (Å²) < 4.78 is 86.7. The van der Waals surface area contributed by atoms with Crippen LogP contribution in [0.2, 0.25) is 0 Å². The highest BCUT2D eigenvalue weighted by molar-refractivity contribution is 7.95. The van der Waals surface area contributed by atoms with Crippen molar-refractivity contribution >= 4 is 42.8 Å². The molecule has 1 aromatic carbocycles. The Morgan fingerprint density at radius 2 is 1.62 bits per heavy atom. The summed E-state index contributed by atoms with van der Waals surface area (Å²) in [5.41, 5.74) is 0.840. The third-order valence-corrected chi connectivity index (χ3v) is 11.8. The highest BCUT2D eigenvalue weighted by atomic mass is 32.2. The number of hydrogen-bond donors (Lipinski definition) is 2. The Bertz CT molecular complexity index is 1660. The van der Waals surface area contributed by atoms with E-state index in [0.717, 1.165) is 0 Å². The number of alkyl halides is 2. The topological polar surface area (TPSA) is 161 Å². The molecule has 17 heteroatoms. The van der Waals surface area contributed by atoms with Crippen LogP contribution in [0.5, 0.6) is 0 Å². The largest absolute Gasteiger partial charge is 0.378 e. The van der Waals surface area contributed by atoms with E-state index in [2.05, 4.69) is 30.0 Å². The van der Waals surface area contributed by atoms with Crippen molar-refractivity contribution in [3.8, 4) is 5.95 Å². The van der Waals surface area contributed by atoms with E-state index >= 15 is 0 Å². The van der Waals surface area contributed by atoms with Crippen LogP contribution in [-0.2, 0) is 24.6 Å². The first-order valence-corrected chi connectivity index (χ1v) is 17.3. The summed E-state index contributed by atoms with van der Waals surface area (Å²) in [6, 6.07) is 6.39. The van der Waals surface area contributed by atoms with Crippen molar-refractivity contribution in [2.24, 2.45) is 0 Å². The number of fused-ring (bicyclic) bond motifs is 1. The molecule has 2 aromatic heterocycles. The van der Waals surface area contributed by atoms with Crippen molar-refractivity contribution in [3.05, 3.63) is 30.1 Å². The minimum atomic E-state index is -3.75. The van der Waals surface area contributed by atoms with Gasteiger partial charge in [-0.05, 0) is 44.2 Å². The van der Waals surface area contributed by atoms with Crippen molar-refractivity contribution in [2.75, 3.05) is 48.0 Å². The molecule has 3 aliphatic rings. The molecule has 2 saturated heterocycles. The zero-order valence-electron chi connectivity index (χ0n) is 22.7. The monoisotopic (exact) mass is 626 g/mol. The Labute approximate surface area is 242 Å². The van der Waals surface area contributed by atoms with E-state index in [1.54, 1.807) is 24.3 Å². The fourth-order valence-electron chi connectivity index (χ4n) is 5.70. The zero-order valence-corrected chi connectivity index (χ0v) is 24.3. The maximum absolute atomic E-state index is 14.1. The number of nitrogens with one attached hydrogen (secondary N) is 2. The van der Waals surface area contributed by atoms with Gasteiger partial charge in [0.25, 0.3) is 6.43 Å². The van der Waals surface area contributed by atoms with Crippen molar-refractivity contribution < 1.29 is 30.4 Å². The smallest absolute Gasteiger partial charge is 0.296 e. The van der Waals surface area contributed by atoms with Crippen molar-refractivity contribution in [1.82, 2.24) is 29.2 Å². The van der Waals surface area contributed by atoms with Crippen LogP contribution >= 0.6 is 0 Å². The molecule has 1 saturated carbocycles. The van der Waals surface area contributed by atoms with E-state index in [9.17, 15) is 25.6 Å². The molecule has 0 radical (unpaired) electrons. The second-order valence-electron chi connectivity index (χ2n) is 10.8. The van der Waals surface area contributed by atoms with Crippen LogP contribution in [-0.4, -0.2) is 96.5 Å². The molecule has 1 aliphatic carbocycles. The molecule has 13 nitrogen and oxygen atoms in total. The molecule has 0 bridgehead atoms. The third kappa shape index (κ3) is 6.18. The molecule has 1 atom stereocenters. The van der Waals surface area contributed by atoms with E-state index in [1.807, 2.05) is 4.90 Å². The summed E-state index contributed by atoms with van der Waals surface area (Å²) in [5, 5.41) is 2.39. The highest BCUT2D eigenvalue weighted by Gasteiger charge is 2.38. The highest BCUT2D eigenvalue weighted by Crippen LogP contribution is 2.29. The molecule has 3 aromatic rings. The first-order chi connectivity index (χ1) is 20.1. The van der Waals surface area contributed by atoms with Crippen LogP contribution in [0.4, 0.5) is 20.7 Å². The van der Waals surface area contributed by atoms with Gasteiger partial charge in [-0.3, -0.25) is 4.57 Å². The molecular formula is C25H32F2N8O5S2. The Morgan fingerprint density at radius 1 is 0.929 bits per heavy atom. The molecule has 4 heterocycles. The normalized spacial score (nSPS) is 24.8. The van der Waals surface area contributed by atoms with Gasteiger partial charge in [0.2, 0.25) is 27.9 Å². The second-order valence-corrected chi connectivity index (χ2v) is 15.1. The summed E-state index contributed by atoms with van der Waals surface area (Å²) in [6.07, 6.45) is -0.485. The number of halogens is 2. The standard InChI is InChI=1S/C25H32F2N8O5S2/c26-21(27)22-29-19-3-1-2-4-20(19)35(22)25-31-23(30-24(32-25)34-10-12-40-13-11-34)28-16-5-7-17(8-6-16)33-42(38,39)18-9-14-41(36,37)15-18/h1-4,16-18,21,33H,5-15H2,(H,28,30,31,32)/t16-,17-,18?. The number of sulfonamides is 1. The summed E-state index contributed by atoms with van der Waals surface area (Å²) in [7, 11) is -7.07. The zero-order chi connectivity index (χ0) is 29.5. The van der Waals surface area contributed by atoms with Crippen molar-refractivity contribution in [3.63, 3.8) is 0 Å². The average molecular weight is 627 g/mol. The predicted octanol–water partition coefficient (Wildman–Crippen LogP) is 1.81. The van der Waals surface area contributed by atoms with Gasteiger partial charge in [0.1, 0.15) is 0 Å². The van der Waals surface area contributed by atoms with Gasteiger partial charge in [0, 0.05) is 25.2 Å². The molecule has 0 spiro atoms. The van der Waals surface area contributed by atoms with Gasteiger partial charge < -0.3 is 15.0 Å². The molecular weight excluding hydrogens is 594 g/mol. The van der Waals surface area contributed by atoms with E-state index in [1.165, 1.54) is 4.57 Å². The van der Waals surface area contributed by atoms with E-state index in [-0.39, 0.29) is 41.9 Å². The van der Waals surface area contributed by atoms with Gasteiger partial charge in [-0.2, -0.15) is 15.0 Å². The lowest BCUT2D eigenvalue weighted by atomic mass is 9.92. The molecule has 3 fully saturated rings. The molecule has 228 valence electrons. The van der Waals surface area contributed by atoms with Crippen LogP contribution in [0.3, 0.4) is 0 Å². The maximum atomic E-state index is 14.1. The van der Waals surface area contributed by atoms with Crippen molar-refractivity contribution in [2.45, 2.75) is 55.9 Å². The van der Waals surface area contributed by atoms with Crippen LogP contribution in [0.15, 0.2) is 24.3 Å². The minimum absolute atomic E-state index is 0.0194. The number of imidazole rings is 1. The van der Waals surface area contributed by atoms with Crippen LogP contribution in [0.1, 0.15) is 44.4 Å². The number of aromatic nitrogens is 5.